The second kappa shape index (κ2) is 7.41. The van der Waals surface area contributed by atoms with E-state index in [2.05, 4.69) is 0 Å². The summed E-state index contributed by atoms with van der Waals surface area (Å²) in [6, 6.07) is 9.68. The summed E-state index contributed by atoms with van der Waals surface area (Å²) in [4.78, 5) is 20.1. The number of likely N-dealkylation sites (tertiary alicyclic amines) is 1. The lowest BCUT2D eigenvalue weighted by Gasteiger charge is -2.40. The van der Waals surface area contributed by atoms with Gasteiger partial charge in [-0.3, -0.25) is 0 Å². The molecule has 1 aromatic rings. The van der Waals surface area contributed by atoms with E-state index in [4.69, 9.17) is 4.84 Å². The lowest BCUT2D eigenvalue weighted by atomic mass is 9.91. The van der Waals surface area contributed by atoms with Gasteiger partial charge in [-0.1, -0.05) is 36.8 Å². The minimum absolute atomic E-state index is 0.0110. The molecule has 0 N–H and O–H groups in total. The number of hydrogen-bond donors (Lipinski definition) is 0. The topological polar surface area (TPSA) is 73.2 Å². The number of amides is 2. The van der Waals surface area contributed by atoms with Crippen LogP contribution in [0, 0.1) is 0 Å². The number of nitrogens with zero attached hydrogens (tertiary/aromatic N) is 3. The summed E-state index contributed by atoms with van der Waals surface area (Å²) >= 11 is 0. The van der Waals surface area contributed by atoms with Crippen molar-refractivity contribution in [3.05, 3.63) is 35.9 Å². The maximum absolute atomic E-state index is 12.8. The summed E-state index contributed by atoms with van der Waals surface area (Å²) in [5.41, 5.74) is 0.965. The summed E-state index contributed by atoms with van der Waals surface area (Å²) in [7, 11) is -3.23. The fourth-order valence-corrected chi connectivity index (χ4v) is 5.69. The van der Waals surface area contributed by atoms with E-state index in [1.807, 2.05) is 30.3 Å². The Morgan fingerprint density at radius 1 is 1.04 bits per heavy atom. The van der Waals surface area contributed by atoms with Gasteiger partial charge in [-0.2, -0.15) is 9.37 Å². The highest BCUT2D eigenvalue weighted by molar-refractivity contribution is 7.88. The Hall–Kier alpha value is -1.64. The molecule has 4 rings (SSSR count). The summed E-state index contributed by atoms with van der Waals surface area (Å²) in [5.74, 6) is 0. The van der Waals surface area contributed by atoms with Crippen LogP contribution in [0.3, 0.4) is 0 Å². The zero-order valence-corrected chi connectivity index (χ0v) is 16.5. The van der Waals surface area contributed by atoms with Crippen LogP contribution in [0.2, 0.25) is 0 Å². The highest BCUT2D eigenvalue weighted by atomic mass is 32.2. The molecule has 1 aromatic carbocycles. The Morgan fingerprint density at radius 3 is 2.33 bits per heavy atom. The number of rotatable bonds is 4. The first kappa shape index (κ1) is 18.7. The molecule has 3 aliphatic rings. The minimum Gasteiger partial charge on any atom is -0.323 e. The van der Waals surface area contributed by atoms with Gasteiger partial charge in [0.25, 0.3) is 0 Å². The van der Waals surface area contributed by atoms with Crippen LogP contribution >= 0.6 is 0 Å². The molecule has 1 saturated carbocycles. The first-order valence-electron chi connectivity index (χ1n) is 9.73. The summed E-state index contributed by atoms with van der Waals surface area (Å²) in [6.45, 7) is 1.20. The lowest BCUT2D eigenvalue weighted by molar-refractivity contribution is 0.136. The number of benzene rings is 1. The standard InChI is InChI=1S/C19H27N3O4S/c1-27(24,25)22(16-9-5-10-16)17-11-6-13-20(14-12-17)19(23)21-18(26-21)15-7-3-2-4-8-15/h2-4,7-8,16-18H,5-6,9-14H2,1H3. The van der Waals surface area contributed by atoms with Gasteiger partial charge in [0.2, 0.25) is 16.3 Å². The Kier molecular flexibility index (Phi) is 5.13. The van der Waals surface area contributed by atoms with Gasteiger partial charge < -0.3 is 4.90 Å². The zero-order valence-electron chi connectivity index (χ0n) is 15.7. The molecular formula is C19H27N3O4S. The van der Waals surface area contributed by atoms with Crippen LogP contribution in [0.4, 0.5) is 4.79 Å². The molecule has 2 saturated heterocycles. The van der Waals surface area contributed by atoms with Gasteiger partial charge in [0.1, 0.15) is 0 Å². The van der Waals surface area contributed by atoms with Crippen molar-refractivity contribution in [1.29, 1.82) is 0 Å². The molecule has 0 spiro atoms. The number of hydrogen-bond acceptors (Lipinski definition) is 4. The Labute approximate surface area is 160 Å². The van der Waals surface area contributed by atoms with Crippen LogP contribution in [0.5, 0.6) is 0 Å². The van der Waals surface area contributed by atoms with Crippen molar-refractivity contribution in [2.24, 2.45) is 0 Å². The average molecular weight is 394 g/mol. The highest BCUT2D eigenvalue weighted by Gasteiger charge is 2.45. The van der Waals surface area contributed by atoms with Gasteiger partial charge in [-0.15, -0.1) is 0 Å². The predicted molar refractivity (Wildman–Crippen MR) is 101 cm³/mol. The van der Waals surface area contributed by atoms with E-state index in [1.54, 1.807) is 9.21 Å². The van der Waals surface area contributed by atoms with Crippen molar-refractivity contribution in [3.63, 3.8) is 0 Å². The molecule has 2 amide bonds. The fourth-order valence-electron chi connectivity index (χ4n) is 4.18. The summed E-state index contributed by atoms with van der Waals surface area (Å²) in [5, 5.41) is 1.41. The SMILES string of the molecule is CS(=O)(=O)N(C1CCC1)C1CCCN(C(=O)N2OC2c2ccccc2)CC1. The van der Waals surface area contributed by atoms with Gasteiger partial charge in [0.15, 0.2) is 0 Å². The monoisotopic (exact) mass is 393 g/mol. The minimum atomic E-state index is -3.23. The number of sulfonamides is 1. The molecule has 2 heterocycles. The molecule has 1 aliphatic carbocycles. The van der Waals surface area contributed by atoms with Crippen LogP contribution < -0.4 is 0 Å². The number of carbonyl (C=O) groups excluding carboxylic acids is 1. The molecule has 3 fully saturated rings. The summed E-state index contributed by atoms with van der Waals surface area (Å²) in [6.07, 6.45) is 6.29. The highest BCUT2D eigenvalue weighted by Crippen LogP contribution is 2.38. The molecule has 27 heavy (non-hydrogen) atoms. The van der Waals surface area contributed by atoms with Gasteiger partial charge >= 0.3 is 6.03 Å². The van der Waals surface area contributed by atoms with Crippen LogP contribution in [0.1, 0.15) is 50.3 Å². The first-order valence-corrected chi connectivity index (χ1v) is 11.6. The van der Waals surface area contributed by atoms with Gasteiger partial charge in [0.05, 0.1) is 6.26 Å². The van der Waals surface area contributed by atoms with E-state index in [0.717, 1.165) is 37.7 Å². The molecule has 7 nitrogen and oxygen atoms in total. The second-order valence-electron chi connectivity index (χ2n) is 7.73. The molecule has 8 heteroatoms. The first-order chi connectivity index (χ1) is 12.9. The maximum Gasteiger partial charge on any atom is 0.346 e. The van der Waals surface area contributed by atoms with Gasteiger partial charge in [-0.05, 0) is 32.1 Å². The molecule has 2 aliphatic heterocycles. The lowest BCUT2D eigenvalue weighted by Crippen LogP contribution is -2.50. The molecule has 0 bridgehead atoms. The van der Waals surface area contributed by atoms with E-state index >= 15 is 0 Å². The third kappa shape index (κ3) is 3.97. The van der Waals surface area contributed by atoms with Crippen LogP contribution in [-0.4, -0.2) is 60.1 Å². The van der Waals surface area contributed by atoms with Crippen LogP contribution in [0.15, 0.2) is 30.3 Å². The van der Waals surface area contributed by atoms with Gasteiger partial charge in [0, 0.05) is 30.7 Å². The molecule has 2 unspecified atom stereocenters. The van der Waals surface area contributed by atoms with Crippen molar-refractivity contribution in [2.75, 3.05) is 19.3 Å². The third-order valence-corrected chi connectivity index (χ3v) is 7.16. The molecule has 0 aromatic heterocycles. The average Bonchev–Trinajstić information content (AvgIpc) is 3.41. The molecular weight excluding hydrogens is 366 g/mol. The Bertz CT molecular complexity index is 781. The van der Waals surface area contributed by atoms with Crippen molar-refractivity contribution in [3.8, 4) is 0 Å². The van der Waals surface area contributed by atoms with E-state index in [-0.39, 0.29) is 24.3 Å². The number of carbonyl (C=O) groups is 1. The predicted octanol–water partition coefficient (Wildman–Crippen LogP) is 2.72. The number of hydroxylamine groups is 2. The quantitative estimate of drug-likeness (QED) is 0.738. The molecule has 2 atom stereocenters. The van der Waals surface area contributed by atoms with Crippen LogP contribution in [-0.2, 0) is 14.9 Å². The van der Waals surface area contributed by atoms with Crippen LogP contribution in [0.25, 0.3) is 0 Å². The maximum atomic E-state index is 12.8. The fraction of sp³-hybridized carbons (Fsp3) is 0.632. The molecule has 148 valence electrons. The zero-order chi connectivity index (χ0) is 19.0. The van der Waals surface area contributed by atoms with E-state index in [1.165, 1.54) is 11.3 Å². The van der Waals surface area contributed by atoms with E-state index in [0.29, 0.717) is 19.5 Å². The normalized spacial score (nSPS) is 26.6. The van der Waals surface area contributed by atoms with Gasteiger partial charge in [-0.25, -0.2) is 18.0 Å². The van der Waals surface area contributed by atoms with E-state index < -0.39 is 10.0 Å². The summed E-state index contributed by atoms with van der Waals surface area (Å²) < 4.78 is 26.4. The van der Waals surface area contributed by atoms with Crippen molar-refractivity contribution >= 4 is 16.1 Å². The van der Waals surface area contributed by atoms with Crippen molar-refractivity contribution in [1.82, 2.24) is 14.3 Å². The Morgan fingerprint density at radius 2 is 1.70 bits per heavy atom. The smallest absolute Gasteiger partial charge is 0.323 e. The van der Waals surface area contributed by atoms with E-state index in [9.17, 15) is 13.2 Å². The number of urea groups is 1. The van der Waals surface area contributed by atoms with Crippen molar-refractivity contribution < 1.29 is 18.0 Å². The largest absolute Gasteiger partial charge is 0.346 e. The Balaban J connectivity index is 1.38. The molecule has 0 radical (unpaired) electrons. The second-order valence-corrected chi connectivity index (χ2v) is 9.61. The third-order valence-electron chi connectivity index (χ3n) is 5.80. The van der Waals surface area contributed by atoms with Crippen molar-refractivity contribution in [2.45, 2.75) is 56.8 Å².